The summed E-state index contributed by atoms with van der Waals surface area (Å²) in [7, 11) is 2.84. The van der Waals surface area contributed by atoms with Gasteiger partial charge in [-0.2, -0.15) is 13.2 Å². The standard InChI is InChI=1S/C30H26F4N4O6/c1-13-25-29(13,27(35)40)18-11-22(38-23(24(18)44-25)14-4-6-15(31)7-5-14)28(41,30(32,33)34)12-36-26(39)20-10-17-19(37-20)8-16(42-2)9-21(17)43-3/h4-11,13,25,37,41H,12H2,1-3H3,(H2,35,40)(H,36,39)/t13?,25?,28-,29+/m0/s1. The largest absolute Gasteiger partial charge is 0.497 e. The number of carbonyl (C=O) groups excluding carboxylic acids is 2. The van der Waals surface area contributed by atoms with E-state index in [4.69, 9.17) is 19.9 Å². The number of carbonyl (C=O) groups is 2. The summed E-state index contributed by atoms with van der Waals surface area (Å²) in [6, 6.07) is 10.2. The number of aliphatic hydroxyl groups is 1. The van der Waals surface area contributed by atoms with Crippen LogP contribution in [0.2, 0.25) is 0 Å². The molecule has 2 amide bonds. The minimum atomic E-state index is -5.35. The van der Waals surface area contributed by atoms with Gasteiger partial charge in [0.25, 0.3) is 5.91 Å². The van der Waals surface area contributed by atoms with Crippen molar-refractivity contribution >= 4 is 22.7 Å². The Hall–Kier alpha value is -4.85. The van der Waals surface area contributed by atoms with Crippen LogP contribution in [0.4, 0.5) is 17.6 Å². The second kappa shape index (κ2) is 9.84. The van der Waals surface area contributed by atoms with Gasteiger partial charge in [-0.05, 0) is 36.4 Å². The Labute approximate surface area is 247 Å². The monoisotopic (exact) mass is 614 g/mol. The van der Waals surface area contributed by atoms with Crippen molar-refractivity contribution in [2.24, 2.45) is 11.7 Å². The van der Waals surface area contributed by atoms with E-state index in [1.165, 1.54) is 32.4 Å². The van der Waals surface area contributed by atoms with E-state index in [1.807, 2.05) is 0 Å². The van der Waals surface area contributed by atoms with E-state index >= 15 is 0 Å². The first-order chi connectivity index (χ1) is 20.8. The summed E-state index contributed by atoms with van der Waals surface area (Å²) in [5.74, 6) is -2.05. The molecular formula is C30H26F4N4O6. The van der Waals surface area contributed by atoms with Crippen LogP contribution >= 0.6 is 0 Å². The molecule has 0 spiro atoms. The second-order valence-corrected chi connectivity index (χ2v) is 10.8. The highest BCUT2D eigenvalue weighted by Crippen LogP contribution is 2.65. The fourth-order valence-electron chi connectivity index (χ4n) is 5.94. The SMILES string of the molecule is COc1cc(OC)c2cc(C(=O)NC[C@](O)(c3cc4c(c(-c5ccc(F)cc5)n3)OC3C(C)[C@@]43C(N)=O)C(F)(F)F)[nH]c2c1. The van der Waals surface area contributed by atoms with E-state index in [2.05, 4.69) is 15.3 Å². The van der Waals surface area contributed by atoms with Gasteiger partial charge in [0.15, 0.2) is 5.75 Å². The molecule has 1 aliphatic carbocycles. The molecule has 1 saturated carbocycles. The molecule has 3 heterocycles. The van der Waals surface area contributed by atoms with Gasteiger partial charge >= 0.3 is 6.18 Å². The molecule has 1 aliphatic heterocycles. The molecule has 4 atom stereocenters. The molecule has 2 aromatic heterocycles. The number of H-pyrrole nitrogens is 1. The van der Waals surface area contributed by atoms with Gasteiger partial charge in [0.1, 0.15) is 40.2 Å². The Balaban J connectivity index is 1.42. The van der Waals surface area contributed by atoms with Gasteiger partial charge in [0.2, 0.25) is 11.5 Å². The number of halogens is 4. The van der Waals surface area contributed by atoms with E-state index in [1.54, 1.807) is 19.1 Å². The van der Waals surface area contributed by atoms with Crippen molar-refractivity contribution in [1.82, 2.24) is 15.3 Å². The number of methoxy groups -OCH3 is 2. The number of pyridine rings is 1. The average molecular weight is 615 g/mol. The number of hydrogen-bond donors (Lipinski definition) is 4. The molecule has 2 aromatic carbocycles. The maximum Gasteiger partial charge on any atom is 0.424 e. The Morgan fingerprint density at radius 2 is 1.84 bits per heavy atom. The molecular weight excluding hydrogens is 588 g/mol. The third-order valence-electron chi connectivity index (χ3n) is 8.47. The number of nitrogens with one attached hydrogen (secondary N) is 2. The van der Waals surface area contributed by atoms with Gasteiger partial charge in [-0.1, -0.05) is 6.92 Å². The van der Waals surface area contributed by atoms with Crippen molar-refractivity contribution in [3.63, 3.8) is 0 Å². The zero-order valence-corrected chi connectivity index (χ0v) is 23.5. The number of primary amides is 1. The van der Waals surface area contributed by atoms with Crippen LogP contribution in [-0.2, 0) is 15.8 Å². The smallest absolute Gasteiger partial charge is 0.424 e. The quantitative estimate of drug-likeness (QED) is 0.221. The van der Waals surface area contributed by atoms with E-state index in [0.717, 1.165) is 18.2 Å². The number of amides is 2. The number of nitrogens with two attached hydrogens (primary N) is 1. The molecule has 0 saturated heterocycles. The summed E-state index contributed by atoms with van der Waals surface area (Å²) >= 11 is 0. The van der Waals surface area contributed by atoms with Crippen LogP contribution in [0.25, 0.3) is 22.2 Å². The summed E-state index contributed by atoms with van der Waals surface area (Å²) in [5, 5.41) is 13.9. The van der Waals surface area contributed by atoms with Crippen molar-refractivity contribution in [2.75, 3.05) is 20.8 Å². The molecule has 10 nitrogen and oxygen atoms in total. The first kappa shape index (κ1) is 29.2. The number of ether oxygens (including phenoxy) is 3. The first-order valence-corrected chi connectivity index (χ1v) is 13.4. The number of fused-ring (bicyclic) bond motifs is 4. The molecule has 4 aromatic rings. The number of aromatic nitrogens is 2. The fourth-order valence-corrected chi connectivity index (χ4v) is 5.94. The Morgan fingerprint density at radius 3 is 2.45 bits per heavy atom. The number of hydrogen-bond acceptors (Lipinski definition) is 7. The van der Waals surface area contributed by atoms with Crippen molar-refractivity contribution in [3.05, 3.63) is 71.3 Å². The van der Waals surface area contributed by atoms with Gasteiger partial charge in [0.05, 0.1) is 32.0 Å². The summed E-state index contributed by atoms with van der Waals surface area (Å²) < 4.78 is 74.3. The molecule has 1 fully saturated rings. The summed E-state index contributed by atoms with van der Waals surface area (Å²) in [5.41, 5.74) is 0.000925. The topological polar surface area (TPSA) is 149 Å². The third kappa shape index (κ3) is 4.15. The van der Waals surface area contributed by atoms with Crippen LogP contribution < -0.4 is 25.3 Å². The number of alkyl halides is 3. The predicted molar refractivity (Wildman–Crippen MR) is 148 cm³/mol. The normalized spacial score (nSPS) is 21.5. The molecule has 0 radical (unpaired) electrons. The van der Waals surface area contributed by atoms with Gasteiger partial charge < -0.3 is 35.4 Å². The lowest BCUT2D eigenvalue weighted by atomic mass is 9.87. The first-order valence-electron chi connectivity index (χ1n) is 13.4. The van der Waals surface area contributed by atoms with Gasteiger partial charge in [0, 0.05) is 34.6 Å². The van der Waals surface area contributed by atoms with Gasteiger partial charge in [-0.25, -0.2) is 9.37 Å². The number of aromatic amines is 1. The van der Waals surface area contributed by atoms with E-state index < -0.39 is 59.1 Å². The zero-order chi connectivity index (χ0) is 31.8. The fraction of sp³-hybridized carbons (Fsp3) is 0.300. The predicted octanol–water partition coefficient (Wildman–Crippen LogP) is 3.70. The highest BCUT2D eigenvalue weighted by Gasteiger charge is 2.75. The van der Waals surface area contributed by atoms with E-state index in [0.29, 0.717) is 22.4 Å². The van der Waals surface area contributed by atoms with E-state index in [-0.39, 0.29) is 28.3 Å². The summed E-state index contributed by atoms with van der Waals surface area (Å²) in [4.78, 5) is 32.7. The van der Waals surface area contributed by atoms with Crippen molar-refractivity contribution in [2.45, 2.75) is 30.2 Å². The maximum atomic E-state index is 14.7. The Bertz CT molecular complexity index is 1830. The Morgan fingerprint density at radius 1 is 1.14 bits per heavy atom. The lowest BCUT2D eigenvalue weighted by Crippen LogP contribution is -2.51. The van der Waals surface area contributed by atoms with Gasteiger partial charge in [-0.3, -0.25) is 9.59 Å². The van der Waals surface area contributed by atoms with E-state index in [9.17, 15) is 32.3 Å². The third-order valence-corrected chi connectivity index (χ3v) is 8.47. The molecule has 44 heavy (non-hydrogen) atoms. The van der Waals surface area contributed by atoms with Crippen LogP contribution in [0.1, 0.15) is 28.7 Å². The molecule has 14 heteroatoms. The van der Waals surface area contributed by atoms with Crippen molar-refractivity contribution < 1.29 is 46.5 Å². The van der Waals surface area contributed by atoms with Crippen molar-refractivity contribution in [1.29, 1.82) is 0 Å². The lowest BCUT2D eigenvalue weighted by molar-refractivity contribution is -0.265. The summed E-state index contributed by atoms with van der Waals surface area (Å²) in [6.45, 7) is 0.320. The zero-order valence-electron chi connectivity index (χ0n) is 23.5. The molecule has 0 bridgehead atoms. The second-order valence-electron chi connectivity index (χ2n) is 10.8. The maximum absolute atomic E-state index is 14.7. The van der Waals surface area contributed by atoms with Crippen LogP contribution in [0.15, 0.2) is 48.5 Å². The van der Waals surface area contributed by atoms with Crippen LogP contribution in [0, 0.1) is 11.7 Å². The van der Waals surface area contributed by atoms with Crippen LogP contribution in [-0.4, -0.2) is 59.9 Å². The number of rotatable bonds is 8. The number of benzene rings is 2. The lowest BCUT2D eigenvalue weighted by Gasteiger charge is -2.31. The van der Waals surface area contributed by atoms with Gasteiger partial charge in [-0.15, -0.1) is 0 Å². The summed E-state index contributed by atoms with van der Waals surface area (Å²) in [6.07, 6.45) is -6.10. The molecule has 2 unspecified atom stereocenters. The van der Waals surface area contributed by atoms with Crippen molar-refractivity contribution in [3.8, 4) is 28.5 Å². The van der Waals surface area contributed by atoms with Crippen LogP contribution in [0.3, 0.4) is 0 Å². The number of nitrogens with zero attached hydrogens (tertiary/aromatic N) is 1. The highest BCUT2D eigenvalue weighted by molar-refractivity contribution is 6.00. The average Bonchev–Trinajstić information content (AvgIpc) is 3.28. The Kier molecular flexibility index (Phi) is 6.54. The molecule has 5 N–H and O–H groups in total. The molecule has 6 rings (SSSR count). The molecule has 230 valence electrons. The molecule has 2 aliphatic rings. The minimum Gasteiger partial charge on any atom is -0.497 e. The minimum absolute atomic E-state index is 0.0123. The highest BCUT2D eigenvalue weighted by atomic mass is 19.4. The van der Waals surface area contributed by atoms with Crippen LogP contribution in [0.5, 0.6) is 17.2 Å².